The van der Waals surface area contributed by atoms with Crippen LogP contribution in [0.15, 0.2) is 42.5 Å². The SMILES string of the molecule is Cc1cccc(C(=O)NCC(c2cccc(F)c2)N(C)C)c1C. The van der Waals surface area contributed by atoms with Gasteiger partial charge in [-0.05, 0) is 62.8 Å². The predicted molar refractivity (Wildman–Crippen MR) is 91.1 cm³/mol. The summed E-state index contributed by atoms with van der Waals surface area (Å²) in [6, 6.07) is 12.1. The monoisotopic (exact) mass is 314 g/mol. The molecule has 1 atom stereocenters. The summed E-state index contributed by atoms with van der Waals surface area (Å²) in [4.78, 5) is 14.4. The molecule has 0 aromatic heterocycles. The maximum atomic E-state index is 13.4. The van der Waals surface area contributed by atoms with Crippen molar-refractivity contribution in [1.82, 2.24) is 10.2 Å². The Hall–Kier alpha value is -2.20. The molecule has 4 heteroatoms. The van der Waals surface area contributed by atoms with Crippen LogP contribution in [0.25, 0.3) is 0 Å². The van der Waals surface area contributed by atoms with E-state index in [1.165, 1.54) is 12.1 Å². The molecule has 1 N–H and O–H groups in total. The minimum absolute atomic E-state index is 0.0836. The van der Waals surface area contributed by atoms with Crippen LogP contribution < -0.4 is 5.32 Å². The van der Waals surface area contributed by atoms with E-state index in [2.05, 4.69) is 5.32 Å². The second-order valence-electron chi connectivity index (χ2n) is 5.99. The molecule has 0 aliphatic carbocycles. The smallest absolute Gasteiger partial charge is 0.251 e. The molecule has 0 spiro atoms. The van der Waals surface area contributed by atoms with Crippen molar-refractivity contribution in [2.24, 2.45) is 0 Å². The lowest BCUT2D eigenvalue weighted by molar-refractivity contribution is 0.0941. The lowest BCUT2D eigenvalue weighted by Crippen LogP contribution is -2.34. The van der Waals surface area contributed by atoms with Gasteiger partial charge in [-0.25, -0.2) is 4.39 Å². The van der Waals surface area contributed by atoms with Gasteiger partial charge in [0.25, 0.3) is 5.91 Å². The van der Waals surface area contributed by atoms with Crippen molar-refractivity contribution in [1.29, 1.82) is 0 Å². The molecule has 2 rings (SSSR count). The molecule has 2 aromatic rings. The number of hydrogen-bond donors (Lipinski definition) is 1. The zero-order valence-corrected chi connectivity index (χ0v) is 14.1. The average Bonchev–Trinajstić information content (AvgIpc) is 2.49. The fraction of sp³-hybridized carbons (Fsp3) is 0.316. The van der Waals surface area contributed by atoms with Crippen molar-refractivity contribution in [3.8, 4) is 0 Å². The van der Waals surface area contributed by atoms with E-state index in [0.29, 0.717) is 12.1 Å². The Morgan fingerprint density at radius 2 is 1.87 bits per heavy atom. The molecule has 0 aliphatic heterocycles. The largest absolute Gasteiger partial charge is 0.350 e. The summed E-state index contributed by atoms with van der Waals surface area (Å²) >= 11 is 0. The van der Waals surface area contributed by atoms with Crippen molar-refractivity contribution in [3.63, 3.8) is 0 Å². The third kappa shape index (κ3) is 4.17. The molecule has 1 unspecified atom stereocenters. The standard InChI is InChI=1S/C19H23FN2O/c1-13-7-5-10-17(14(13)2)19(23)21-12-18(22(3)4)15-8-6-9-16(20)11-15/h5-11,18H,12H2,1-4H3,(H,21,23). The molecule has 1 amide bonds. The van der Waals surface area contributed by atoms with Gasteiger partial charge in [-0.3, -0.25) is 4.79 Å². The molecule has 2 aromatic carbocycles. The van der Waals surface area contributed by atoms with Gasteiger partial charge in [0.15, 0.2) is 0 Å². The van der Waals surface area contributed by atoms with Gasteiger partial charge < -0.3 is 10.2 Å². The summed E-state index contributed by atoms with van der Waals surface area (Å²) in [5.41, 5.74) is 3.60. The Bertz CT molecular complexity index is 698. The van der Waals surface area contributed by atoms with Crippen LogP contribution in [0.5, 0.6) is 0 Å². The summed E-state index contributed by atoms with van der Waals surface area (Å²) in [7, 11) is 3.83. The van der Waals surface area contributed by atoms with Crippen molar-refractivity contribution < 1.29 is 9.18 Å². The fourth-order valence-electron chi connectivity index (χ4n) is 2.59. The van der Waals surface area contributed by atoms with Crippen molar-refractivity contribution in [2.75, 3.05) is 20.6 Å². The highest BCUT2D eigenvalue weighted by Crippen LogP contribution is 2.19. The number of hydrogen-bond acceptors (Lipinski definition) is 2. The molecule has 23 heavy (non-hydrogen) atoms. The average molecular weight is 314 g/mol. The van der Waals surface area contributed by atoms with Crippen LogP contribution in [0.2, 0.25) is 0 Å². The number of nitrogens with zero attached hydrogens (tertiary/aromatic N) is 1. The Labute approximate surface area is 137 Å². The fourth-order valence-corrected chi connectivity index (χ4v) is 2.59. The number of amides is 1. The molecule has 122 valence electrons. The molecule has 0 saturated heterocycles. The zero-order valence-electron chi connectivity index (χ0n) is 14.1. The topological polar surface area (TPSA) is 32.3 Å². The van der Waals surface area contributed by atoms with E-state index in [0.717, 1.165) is 16.7 Å². The number of aryl methyl sites for hydroxylation is 1. The summed E-state index contributed by atoms with van der Waals surface area (Å²) in [5, 5.41) is 2.96. The van der Waals surface area contributed by atoms with Gasteiger partial charge in [0.1, 0.15) is 5.82 Å². The number of rotatable bonds is 5. The number of benzene rings is 2. The van der Waals surface area contributed by atoms with Crippen molar-refractivity contribution in [3.05, 3.63) is 70.5 Å². The van der Waals surface area contributed by atoms with Gasteiger partial charge in [0, 0.05) is 12.1 Å². The van der Waals surface area contributed by atoms with E-state index in [1.54, 1.807) is 6.07 Å². The van der Waals surface area contributed by atoms with E-state index in [9.17, 15) is 9.18 Å². The quantitative estimate of drug-likeness (QED) is 0.916. The molecule has 0 saturated carbocycles. The van der Waals surface area contributed by atoms with E-state index in [-0.39, 0.29) is 17.8 Å². The van der Waals surface area contributed by atoms with Crippen molar-refractivity contribution >= 4 is 5.91 Å². The van der Waals surface area contributed by atoms with Crippen LogP contribution in [-0.4, -0.2) is 31.4 Å². The summed E-state index contributed by atoms with van der Waals surface area (Å²) in [5.74, 6) is -0.371. The Morgan fingerprint density at radius 3 is 2.52 bits per heavy atom. The first-order valence-electron chi connectivity index (χ1n) is 7.66. The maximum Gasteiger partial charge on any atom is 0.251 e. The molecule has 0 bridgehead atoms. The maximum absolute atomic E-state index is 13.4. The van der Waals surface area contributed by atoms with E-state index in [1.807, 2.05) is 57.1 Å². The minimum Gasteiger partial charge on any atom is -0.350 e. The first-order chi connectivity index (χ1) is 10.9. The lowest BCUT2D eigenvalue weighted by Gasteiger charge is -2.25. The van der Waals surface area contributed by atoms with Gasteiger partial charge in [0.05, 0.1) is 6.04 Å². The van der Waals surface area contributed by atoms with Gasteiger partial charge in [0.2, 0.25) is 0 Å². The lowest BCUT2D eigenvalue weighted by atomic mass is 10.0. The van der Waals surface area contributed by atoms with E-state index < -0.39 is 0 Å². The molecular weight excluding hydrogens is 291 g/mol. The van der Waals surface area contributed by atoms with E-state index >= 15 is 0 Å². The van der Waals surface area contributed by atoms with Gasteiger partial charge in [-0.1, -0.05) is 24.3 Å². The second-order valence-corrected chi connectivity index (χ2v) is 5.99. The highest BCUT2D eigenvalue weighted by atomic mass is 19.1. The third-order valence-corrected chi connectivity index (χ3v) is 4.16. The van der Waals surface area contributed by atoms with Crippen LogP contribution in [0, 0.1) is 19.7 Å². The Morgan fingerprint density at radius 1 is 1.17 bits per heavy atom. The molecule has 0 radical (unpaired) electrons. The van der Waals surface area contributed by atoms with Gasteiger partial charge >= 0.3 is 0 Å². The molecule has 0 aliphatic rings. The summed E-state index contributed by atoms with van der Waals surface area (Å²) < 4.78 is 13.4. The number of carbonyl (C=O) groups is 1. The van der Waals surface area contributed by atoms with Gasteiger partial charge in [-0.15, -0.1) is 0 Å². The number of carbonyl (C=O) groups excluding carboxylic acids is 1. The minimum atomic E-state index is -0.268. The molecular formula is C19H23FN2O. The van der Waals surface area contributed by atoms with Crippen molar-refractivity contribution in [2.45, 2.75) is 19.9 Å². The second kappa shape index (κ2) is 7.38. The van der Waals surface area contributed by atoms with Crippen LogP contribution in [-0.2, 0) is 0 Å². The highest BCUT2D eigenvalue weighted by molar-refractivity contribution is 5.95. The van der Waals surface area contributed by atoms with E-state index in [4.69, 9.17) is 0 Å². The zero-order chi connectivity index (χ0) is 17.0. The number of nitrogens with one attached hydrogen (secondary N) is 1. The predicted octanol–water partition coefficient (Wildman–Crippen LogP) is 3.48. The van der Waals surface area contributed by atoms with Crippen LogP contribution >= 0.6 is 0 Å². The Kier molecular flexibility index (Phi) is 5.50. The van der Waals surface area contributed by atoms with Crippen LogP contribution in [0.4, 0.5) is 4.39 Å². The Balaban J connectivity index is 2.13. The summed E-state index contributed by atoms with van der Waals surface area (Å²) in [6.45, 7) is 4.35. The molecule has 3 nitrogen and oxygen atoms in total. The molecule has 0 heterocycles. The highest BCUT2D eigenvalue weighted by Gasteiger charge is 2.17. The summed E-state index contributed by atoms with van der Waals surface area (Å²) in [6.07, 6.45) is 0. The van der Waals surface area contributed by atoms with Crippen LogP contribution in [0.1, 0.15) is 33.1 Å². The van der Waals surface area contributed by atoms with Gasteiger partial charge in [-0.2, -0.15) is 0 Å². The number of likely N-dealkylation sites (N-methyl/N-ethyl adjacent to an activating group) is 1. The third-order valence-electron chi connectivity index (χ3n) is 4.16. The number of halogens is 1. The first kappa shape index (κ1) is 17.2. The first-order valence-corrected chi connectivity index (χ1v) is 7.66. The molecule has 0 fully saturated rings. The van der Waals surface area contributed by atoms with Crippen LogP contribution in [0.3, 0.4) is 0 Å². The normalized spacial score (nSPS) is 12.3.